The molecule has 0 aliphatic rings. The molecule has 8 heteroatoms. The SMILES string of the molecule is Cc1cccc(NC(=O)CSc2ccc(NC(=O)/C(=C/c3ccc(Br)cc3)NC(=O)c3ccccc3)cc2)c1. The fraction of sp³-hybridized carbons (Fsp3) is 0.0645. The van der Waals surface area contributed by atoms with E-state index in [2.05, 4.69) is 31.9 Å². The van der Waals surface area contributed by atoms with Crippen LogP contribution in [0.3, 0.4) is 0 Å². The summed E-state index contributed by atoms with van der Waals surface area (Å²) in [7, 11) is 0. The molecule has 4 aromatic carbocycles. The van der Waals surface area contributed by atoms with E-state index in [9.17, 15) is 14.4 Å². The predicted molar refractivity (Wildman–Crippen MR) is 162 cm³/mol. The van der Waals surface area contributed by atoms with E-state index >= 15 is 0 Å². The highest BCUT2D eigenvalue weighted by Crippen LogP contribution is 2.22. The Bertz CT molecular complexity index is 1490. The van der Waals surface area contributed by atoms with Crippen molar-refractivity contribution in [3.8, 4) is 0 Å². The van der Waals surface area contributed by atoms with Gasteiger partial charge in [0.1, 0.15) is 5.70 Å². The van der Waals surface area contributed by atoms with Crippen LogP contribution in [0.2, 0.25) is 0 Å². The lowest BCUT2D eigenvalue weighted by atomic mass is 10.1. The van der Waals surface area contributed by atoms with Crippen molar-refractivity contribution in [2.45, 2.75) is 11.8 Å². The molecular formula is C31H26BrN3O3S. The van der Waals surface area contributed by atoms with Crippen molar-refractivity contribution < 1.29 is 14.4 Å². The van der Waals surface area contributed by atoms with Crippen molar-refractivity contribution in [3.05, 3.63) is 130 Å². The average molecular weight is 601 g/mol. The Hall–Kier alpha value is -4.14. The van der Waals surface area contributed by atoms with E-state index in [0.29, 0.717) is 11.3 Å². The molecule has 0 saturated carbocycles. The zero-order valence-corrected chi connectivity index (χ0v) is 23.5. The van der Waals surface area contributed by atoms with Gasteiger partial charge in [0, 0.05) is 26.3 Å². The first-order valence-corrected chi connectivity index (χ1v) is 13.9. The lowest BCUT2D eigenvalue weighted by Crippen LogP contribution is -2.30. The van der Waals surface area contributed by atoms with Gasteiger partial charge in [0.2, 0.25) is 5.91 Å². The monoisotopic (exact) mass is 599 g/mol. The topological polar surface area (TPSA) is 87.3 Å². The molecule has 0 aliphatic heterocycles. The molecule has 3 N–H and O–H groups in total. The molecule has 6 nitrogen and oxygen atoms in total. The molecule has 0 atom stereocenters. The minimum atomic E-state index is -0.458. The van der Waals surface area contributed by atoms with Crippen LogP contribution in [0.25, 0.3) is 6.08 Å². The molecule has 39 heavy (non-hydrogen) atoms. The maximum Gasteiger partial charge on any atom is 0.272 e. The maximum atomic E-state index is 13.2. The van der Waals surface area contributed by atoms with E-state index in [4.69, 9.17) is 0 Å². The number of anilines is 2. The number of aryl methyl sites for hydroxylation is 1. The Labute approximate surface area is 240 Å². The summed E-state index contributed by atoms with van der Waals surface area (Å²) in [6, 6.07) is 30.9. The number of hydrogen-bond donors (Lipinski definition) is 3. The van der Waals surface area contributed by atoms with Crippen LogP contribution in [0.5, 0.6) is 0 Å². The van der Waals surface area contributed by atoms with Gasteiger partial charge in [-0.1, -0.05) is 58.4 Å². The number of nitrogens with one attached hydrogen (secondary N) is 3. The highest BCUT2D eigenvalue weighted by Gasteiger charge is 2.15. The van der Waals surface area contributed by atoms with Crippen molar-refractivity contribution >= 4 is 62.9 Å². The van der Waals surface area contributed by atoms with Crippen LogP contribution in [0.15, 0.2) is 118 Å². The molecule has 0 radical (unpaired) electrons. The number of hydrogen-bond acceptors (Lipinski definition) is 4. The smallest absolute Gasteiger partial charge is 0.272 e. The summed E-state index contributed by atoms with van der Waals surface area (Å²) in [5.41, 5.74) is 3.71. The largest absolute Gasteiger partial charge is 0.325 e. The standard InChI is InChI=1S/C31H26BrN3O3S/c1-21-6-5-9-26(18-21)33-29(36)20-39-27-16-14-25(15-17-27)34-31(38)28(19-22-10-12-24(32)13-11-22)35-30(37)23-7-3-2-4-8-23/h2-19H,20H2,1H3,(H,33,36)(H,34,38)(H,35,37)/b28-19-. The van der Waals surface area contributed by atoms with Crippen LogP contribution >= 0.6 is 27.7 Å². The first-order valence-electron chi connectivity index (χ1n) is 12.1. The number of carbonyl (C=O) groups is 3. The third kappa shape index (κ3) is 8.70. The zero-order valence-electron chi connectivity index (χ0n) is 21.1. The second-order valence-electron chi connectivity index (χ2n) is 8.61. The van der Waals surface area contributed by atoms with Gasteiger partial charge in [0.05, 0.1) is 5.75 Å². The van der Waals surface area contributed by atoms with E-state index in [1.807, 2.05) is 73.7 Å². The van der Waals surface area contributed by atoms with Gasteiger partial charge in [-0.15, -0.1) is 11.8 Å². The zero-order chi connectivity index (χ0) is 27.6. The van der Waals surface area contributed by atoms with Crippen molar-refractivity contribution in [3.63, 3.8) is 0 Å². The number of benzene rings is 4. The van der Waals surface area contributed by atoms with Gasteiger partial charge in [-0.25, -0.2) is 0 Å². The molecule has 0 unspecified atom stereocenters. The summed E-state index contributed by atoms with van der Waals surface area (Å²) in [5, 5.41) is 8.47. The van der Waals surface area contributed by atoms with Gasteiger partial charge in [0.15, 0.2) is 0 Å². The van der Waals surface area contributed by atoms with Crippen molar-refractivity contribution in [1.82, 2.24) is 5.32 Å². The molecule has 0 saturated heterocycles. The third-order valence-electron chi connectivity index (χ3n) is 5.49. The summed E-state index contributed by atoms with van der Waals surface area (Å²) >= 11 is 4.80. The number of halogens is 1. The second kappa shape index (κ2) is 13.6. The van der Waals surface area contributed by atoms with E-state index in [1.54, 1.807) is 42.5 Å². The molecule has 4 rings (SSSR count). The third-order valence-corrected chi connectivity index (χ3v) is 7.03. The molecular weight excluding hydrogens is 574 g/mol. The lowest BCUT2D eigenvalue weighted by molar-refractivity contribution is -0.114. The first-order chi connectivity index (χ1) is 18.9. The van der Waals surface area contributed by atoms with Crippen LogP contribution in [0.4, 0.5) is 11.4 Å². The Morgan fingerprint density at radius 1 is 0.795 bits per heavy atom. The summed E-state index contributed by atoms with van der Waals surface area (Å²) < 4.78 is 0.907. The van der Waals surface area contributed by atoms with Crippen molar-refractivity contribution in [1.29, 1.82) is 0 Å². The fourth-order valence-electron chi connectivity index (χ4n) is 3.57. The molecule has 0 fully saturated rings. The molecule has 4 aromatic rings. The quantitative estimate of drug-likeness (QED) is 0.144. The Morgan fingerprint density at radius 3 is 2.21 bits per heavy atom. The number of carbonyl (C=O) groups excluding carboxylic acids is 3. The van der Waals surface area contributed by atoms with Gasteiger partial charge in [-0.05, 0) is 84.8 Å². The summed E-state index contributed by atoms with van der Waals surface area (Å²) in [6.07, 6.45) is 1.62. The molecule has 0 heterocycles. The summed E-state index contributed by atoms with van der Waals surface area (Å²) in [4.78, 5) is 39.2. The summed E-state index contributed by atoms with van der Waals surface area (Å²) in [5.74, 6) is -0.685. The normalized spacial score (nSPS) is 11.0. The Balaban J connectivity index is 1.40. The molecule has 0 aromatic heterocycles. The van der Waals surface area contributed by atoms with Gasteiger partial charge >= 0.3 is 0 Å². The Morgan fingerprint density at radius 2 is 1.51 bits per heavy atom. The molecule has 0 bridgehead atoms. The lowest BCUT2D eigenvalue weighted by Gasteiger charge is -2.12. The maximum absolute atomic E-state index is 13.2. The van der Waals surface area contributed by atoms with Crippen LogP contribution in [-0.2, 0) is 9.59 Å². The van der Waals surface area contributed by atoms with Crippen LogP contribution in [-0.4, -0.2) is 23.5 Å². The summed E-state index contributed by atoms with van der Waals surface area (Å²) in [6.45, 7) is 1.97. The Kier molecular flexibility index (Phi) is 9.72. The van der Waals surface area contributed by atoms with Gasteiger partial charge in [-0.2, -0.15) is 0 Å². The number of amides is 3. The van der Waals surface area contributed by atoms with E-state index in [0.717, 1.165) is 26.2 Å². The van der Waals surface area contributed by atoms with E-state index in [-0.39, 0.29) is 23.3 Å². The van der Waals surface area contributed by atoms with Gasteiger partial charge in [-0.3, -0.25) is 14.4 Å². The molecule has 0 spiro atoms. The van der Waals surface area contributed by atoms with Crippen LogP contribution < -0.4 is 16.0 Å². The second-order valence-corrected chi connectivity index (χ2v) is 10.6. The van der Waals surface area contributed by atoms with E-state index in [1.165, 1.54) is 11.8 Å². The van der Waals surface area contributed by atoms with Gasteiger partial charge in [0.25, 0.3) is 11.8 Å². The molecule has 3 amide bonds. The highest BCUT2D eigenvalue weighted by molar-refractivity contribution is 9.10. The van der Waals surface area contributed by atoms with Crippen LogP contribution in [0, 0.1) is 6.92 Å². The fourth-order valence-corrected chi connectivity index (χ4v) is 4.53. The molecule has 196 valence electrons. The van der Waals surface area contributed by atoms with Gasteiger partial charge < -0.3 is 16.0 Å². The minimum absolute atomic E-state index is 0.0974. The van der Waals surface area contributed by atoms with Crippen LogP contribution in [0.1, 0.15) is 21.5 Å². The minimum Gasteiger partial charge on any atom is -0.325 e. The predicted octanol–water partition coefficient (Wildman–Crippen LogP) is 6.90. The number of rotatable bonds is 9. The first kappa shape index (κ1) is 27.9. The number of thioether (sulfide) groups is 1. The van der Waals surface area contributed by atoms with Crippen molar-refractivity contribution in [2.24, 2.45) is 0 Å². The average Bonchev–Trinajstić information content (AvgIpc) is 2.94. The highest BCUT2D eigenvalue weighted by atomic mass is 79.9. The van der Waals surface area contributed by atoms with Crippen molar-refractivity contribution in [2.75, 3.05) is 16.4 Å². The molecule has 0 aliphatic carbocycles. The van der Waals surface area contributed by atoms with E-state index < -0.39 is 5.91 Å².